The van der Waals surface area contributed by atoms with E-state index in [-0.39, 0.29) is 23.7 Å². The van der Waals surface area contributed by atoms with Gasteiger partial charge in [0.2, 0.25) is 0 Å². The summed E-state index contributed by atoms with van der Waals surface area (Å²) >= 11 is 0. The Hall–Kier alpha value is -2.17. The topological polar surface area (TPSA) is 74.7 Å². The first-order chi connectivity index (χ1) is 11.4. The van der Waals surface area contributed by atoms with Gasteiger partial charge in [0.15, 0.2) is 5.78 Å². The van der Waals surface area contributed by atoms with Gasteiger partial charge in [0.05, 0.1) is 0 Å². The molecular weight excluding hydrogens is 306 g/mol. The van der Waals surface area contributed by atoms with Gasteiger partial charge in [-0.1, -0.05) is 18.9 Å². The Morgan fingerprint density at radius 3 is 2.54 bits per heavy atom. The van der Waals surface area contributed by atoms with Crippen molar-refractivity contribution < 1.29 is 19.5 Å². The van der Waals surface area contributed by atoms with E-state index in [0.29, 0.717) is 17.5 Å². The van der Waals surface area contributed by atoms with Crippen molar-refractivity contribution in [3.63, 3.8) is 0 Å². The minimum absolute atomic E-state index is 0.00873. The lowest BCUT2D eigenvalue weighted by atomic mass is 9.84. The number of Topliss-reactive ketones (excluding diaryl/α,β-unsaturated/α-hetero) is 1. The molecule has 1 amide bonds. The van der Waals surface area contributed by atoms with E-state index >= 15 is 0 Å². The third-order valence-corrected chi connectivity index (χ3v) is 5.47. The smallest absolute Gasteiger partial charge is 0.326 e. The number of aryl methyl sites for hydroxylation is 1. The maximum absolute atomic E-state index is 13.1. The van der Waals surface area contributed by atoms with Gasteiger partial charge in [0.25, 0.3) is 5.91 Å². The largest absolute Gasteiger partial charge is 0.480 e. The highest BCUT2D eigenvalue weighted by Gasteiger charge is 2.47. The molecule has 1 N–H and O–H groups in total. The van der Waals surface area contributed by atoms with Crippen LogP contribution in [0.15, 0.2) is 18.2 Å². The quantitative estimate of drug-likeness (QED) is 0.865. The highest BCUT2D eigenvalue weighted by molar-refractivity contribution is 6.01. The molecule has 1 aliphatic heterocycles. The Kier molecular flexibility index (Phi) is 4.43. The number of nitrogens with zero attached hydrogens (tertiary/aromatic N) is 1. The van der Waals surface area contributed by atoms with E-state index in [1.54, 1.807) is 23.1 Å². The monoisotopic (exact) mass is 329 g/mol. The summed E-state index contributed by atoms with van der Waals surface area (Å²) < 4.78 is 0. The zero-order valence-corrected chi connectivity index (χ0v) is 14.1. The van der Waals surface area contributed by atoms with Gasteiger partial charge in [-0.15, -0.1) is 0 Å². The van der Waals surface area contributed by atoms with Crippen molar-refractivity contribution in [3.05, 3.63) is 34.9 Å². The number of benzene rings is 1. The van der Waals surface area contributed by atoms with Gasteiger partial charge >= 0.3 is 5.97 Å². The first-order valence-electron chi connectivity index (χ1n) is 8.57. The minimum atomic E-state index is -0.934. The number of carboxylic acid groups (broad SMARTS) is 1. The zero-order valence-electron chi connectivity index (χ0n) is 14.1. The van der Waals surface area contributed by atoms with Crippen LogP contribution in [0.4, 0.5) is 0 Å². The molecule has 24 heavy (non-hydrogen) atoms. The van der Waals surface area contributed by atoms with Gasteiger partial charge in [0, 0.05) is 17.2 Å². The molecule has 128 valence electrons. The summed E-state index contributed by atoms with van der Waals surface area (Å²) in [6.07, 6.45) is 4.53. The van der Waals surface area contributed by atoms with Gasteiger partial charge in [-0.2, -0.15) is 0 Å². The summed E-state index contributed by atoms with van der Waals surface area (Å²) in [5.74, 6) is -1.01. The molecule has 0 radical (unpaired) electrons. The summed E-state index contributed by atoms with van der Waals surface area (Å²) in [6, 6.07) is 4.31. The van der Waals surface area contributed by atoms with Crippen molar-refractivity contribution in [1.82, 2.24) is 4.90 Å². The molecule has 5 heteroatoms. The summed E-state index contributed by atoms with van der Waals surface area (Å²) in [6.45, 7) is 3.31. The number of ketones is 1. The predicted molar refractivity (Wildman–Crippen MR) is 89.1 cm³/mol. The average Bonchev–Trinajstić information content (AvgIpc) is 2.94. The summed E-state index contributed by atoms with van der Waals surface area (Å²) in [5, 5.41) is 9.57. The number of rotatable bonds is 3. The molecule has 1 aliphatic carbocycles. The second-order valence-electron chi connectivity index (χ2n) is 7.00. The molecule has 0 spiro atoms. The third-order valence-electron chi connectivity index (χ3n) is 5.47. The molecule has 1 saturated carbocycles. The maximum atomic E-state index is 13.1. The molecule has 0 bridgehead atoms. The maximum Gasteiger partial charge on any atom is 0.326 e. The van der Waals surface area contributed by atoms with Crippen LogP contribution in [-0.4, -0.2) is 39.7 Å². The SMILES string of the molecule is CC(=O)c1cc(C(=O)N2C(C(=O)O)CC3CCCCC32)ccc1C. The van der Waals surface area contributed by atoms with Crippen LogP contribution >= 0.6 is 0 Å². The van der Waals surface area contributed by atoms with Crippen molar-refractivity contribution in [2.45, 2.75) is 58.0 Å². The molecule has 1 aromatic carbocycles. The Balaban J connectivity index is 1.96. The molecule has 2 aliphatic rings. The van der Waals surface area contributed by atoms with Crippen LogP contribution in [0.25, 0.3) is 0 Å². The number of hydrogen-bond acceptors (Lipinski definition) is 3. The number of likely N-dealkylation sites (tertiary alicyclic amines) is 1. The average molecular weight is 329 g/mol. The lowest BCUT2D eigenvalue weighted by Gasteiger charge is -2.33. The molecule has 1 heterocycles. The Morgan fingerprint density at radius 1 is 1.17 bits per heavy atom. The summed E-state index contributed by atoms with van der Waals surface area (Å²) in [5.41, 5.74) is 1.75. The number of hydrogen-bond donors (Lipinski definition) is 1. The van der Waals surface area contributed by atoms with Crippen LogP contribution in [-0.2, 0) is 4.79 Å². The molecule has 2 fully saturated rings. The number of carbonyl (C=O) groups is 3. The van der Waals surface area contributed by atoms with E-state index < -0.39 is 12.0 Å². The van der Waals surface area contributed by atoms with Crippen molar-refractivity contribution in [2.24, 2.45) is 5.92 Å². The number of aliphatic carboxylic acids is 1. The highest BCUT2D eigenvalue weighted by Crippen LogP contribution is 2.40. The van der Waals surface area contributed by atoms with Crippen LogP contribution in [0, 0.1) is 12.8 Å². The Labute approximate surface area is 141 Å². The zero-order chi connectivity index (χ0) is 17.4. The Bertz CT molecular complexity index is 697. The molecule has 3 rings (SSSR count). The van der Waals surface area contributed by atoms with Crippen LogP contribution in [0.5, 0.6) is 0 Å². The molecule has 0 aromatic heterocycles. The van der Waals surface area contributed by atoms with Gasteiger partial charge < -0.3 is 10.0 Å². The van der Waals surface area contributed by atoms with Crippen LogP contribution in [0.2, 0.25) is 0 Å². The van der Waals surface area contributed by atoms with Gasteiger partial charge in [-0.05, 0) is 56.7 Å². The van der Waals surface area contributed by atoms with E-state index in [2.05, 4.69) is 0 Å². The number of fused-ring (bicyclic) bond motifs is 1. The second kappa shape index (κ2) is 6.38. The number of amides is 1. The van der Waals surface area contributed by atoms with Crippen molar-refractivity contribution in [2.75, 3.05) is 0 Å². The molecule has 1 aromatic rings. The minimum Gasteiger partial charge on any atom is -0.480 e. The molecule has 5 nitrogen and oxygen atoms in total. The van der Waals surface area contributed by atoms with Crippen molar-refractivity contribution in [3.8, 4) is 0 Å². The first kappa shape index (κ1) is 16.7. The van der Waals surface area contributed by atoms with Gasteiger partial charge in [-0.25, -0.2) is 4.79 Å². The molecule has 1 saturated heterocycles. The summed E-state index contributed by atoms with van der Waals surface area (Å²) in [4.78, 5) is 38.0. The summed E-state index contributed by atoms with van der Waals surface area (Å²) in [7, 11) is 0. The molecule has 3 atom stereocenters. The number of carbonyl (C=O) groups excluding carboxylic acids is 2. The van der Waals surface area contributed by atoms with E-state index in [4.69, 9.17) is 0 Å². The second-order valence-corrected chi connectivity index (χ2v) is 7.00. The first-order valence-corrected chi connectivity index (χ1v) is 8.57. The van der Waals surface area contributed by atoms with Gasteiger partial charge in [-0.3, -0.25) is 9.59 Å². The van der Waals surface area contributed by atoms with Crippen LogP contribution in [0.1, 0.15) is 65.3 Å². The van der Waals surface area contributed by atoms with Crippen molar-refractivity contribution in [1.29, 1.82) is 0 Å². The van der Waals surface area contributed by atoms with E-state index in [1.807, 2.05) is 6.92 Å². The fourth-order valence-electron chi connectivity index (χ4n) is 4.26. The van der Waals surface area contributed by atoms with Crippen LogP contribution in [0.3, 0.4) is 0 Å². The van der Waals surface area contributed by atoms with Crippen molar-refractivity contribution >= 4 is 17.7 Å². The molecule has 3 unspecified atom stereocenters. The standard InChI is InChI=1S/C19H23NO4/c1-11-7-8-14(9-15(11)12(2)21)18(22)20-16-6-4-3-5-13(16)10-17(20)19(23)24/h7-9,13,16-17H,3-6,10H2,1-2H3,(H,23,24). The lowest BCUT2D eigenvalue weighted by molar-refractivity contribution is -0.141. The van der Waals surface area contributed by atoms with Crippen LogP contribution < -0.4 is 0 Å². The molecular formula is C19H23NO4. The highest BCUT2D eigenvalue weighted by atomic mass is 16.4. The van der Waals surface area contributed by atoms with E-state index in [9.17, 15) is 19.5 Å². The van der Waals surface area contributed by atoms with Gasteiger partial charge in [0.1, 0.15) is 6.04 Å². The normalized spacial score (nSPS) is 26.1. The lowest BCUT2D eigenvalue weighted by Crippen LogP contribution is -2.46. The van der Waals surface area contributed by atoms with E-state index in [0.717, 1.165) is 31.2 Å². The fourth-order valence-corrected chi connectivity index (χ4v) is 4.26. The third kappa shape index (κ3) is 2.83. The Morgan fingerprint density at radius 2 is 1.88 bits per heavy atom. The van der Waals surface area contributed by atoms with E-state index in [1.165, 1.54) is 6.92 Å². The fraction of sp³-hybridized carbons (Fsp3) is 0.526. The predicted octanol–water partition coefficient (Wildman–Crippen LogP) is 3.06. The number of carboxylic acids is 1.